The van der Waals surface area contributed by atoms with Gasteiger partial charge in [-0.05, 0) is 50.8 Å². The van der Waals surface area contributed by atoms with Crippen molar-refractivity contribution < 1.29 is 9.72 Å². The van der Waals surface area contributed by atoms with E-state index in [9.17, 15) is 14.9 Å². The summed E-state index contributed by atoms with van der Waals surface area (Å²) in [6.07, 6.45) is 1.54. The van der Waals surface area contributed by atoms with Crippen LogP contribution in [0.25, 0.3) is 10.2 Å². The summed E-state index contributed by atoms with van der Waals surface area (Å²) in [6, 6.07) is 4.73. The number of nitro benzene ring substituents is 1. The van der Waals surface area contributed by atoms with Crippen LogP contribution in [0.15, 0.2) is 23.2 Å². The van der Waals surface area contributed by atoms with Crippen LogP contribution < -0.4 is 4.90 Å². The number of nitrogens with zero attached hydrogens (tertiary/aromatic N) is 4. The first-order chi connectivity index (χ1) is 13.8. The standard InChI is InChI=1S/C20H20N4O3S2/c1-11-12(2)29-20-18(11)19(21-13(3)22-20)28-10-17(25)23-8-4-5-14-9-15(24(26)27)6-7-16(14)23/h6-7,9H,4-5,8,10H2,1-3H3. The van der Waals surface area contributed by atoms with Crippen molar-refractivity contribution in [2.45, 2.75) is 38.6 Å². The Morgan fingerprint density at radius 1 is 1.31 bits per heavy atom. The molecule has 0 fully saturated rings. The van der Waals surface area contributed by atoms with Crippen LogP contribution in [-0.4, -0.2) is 33.1 Å². The van der Waals surface area contributed by atoms with Crippen LogP contribution in [0.5, 0.6) is 0 Å². The normalized spacial score (nSPS) is 13.6. The lowest BCUT2D eigenvalue weighted by molar-refractivity contribution is -0.384. The highest BCUT2D eigenvalue weighted by atomic mass is 32.2. The third kappa shape index (κ3) is 3.72. The lowest BCUT2D eigenvalue weighted by atomic mass is 10.0. The van der Waals surface area contributed by atoms with Crippen LogP contribution in [0.3, 0.4) is 0 Å². The number of anilines is 1. The second-order valence-electron chi connectivity index (χ2n) is 7.05. The molecular formula is C20H20N4O3S2. The van der Waals surface area contributed by atoms with Crippen LogP contribution in [0.1, 0.15) is 28.2 Å². The molecule has 150 valence electrons. The molecule has 0 spiro atoms. The number of carbonyl (C=O) groups is 1. The van der Waals surface area contributed by atoms with Gasteiger partial charge >= 0.3 is 0 Å². The molecule has 0 radical (unpaired) electrons. The van der Waals surface area contributed by atoms with E-state index in [2.05, 4.69) is 23.8 Å². The van der Waals surface area contributed by atoms with Crippen LogP contribution in [0.2, 0.25) is 0 Å². The van der Waals surface area contributed by atoms with Crippen LogP contribution in [0, 0.1) is 30.9 Å². The third-order valence-electron chi connectivity index (χ3n) is 5.13. The fraction of sp³-hybridized carbons (Fsp3) is 0.350. The van der Waals surface area contributed by atoms with E-state index in [0.29, 0.717) is 12.4 Å². The molecule has 3 aromatic rings. The fourth-order valence-electron chi connectivity index (χ4n) is 3.58. The number of amides is 1. The number of nitro groups is 1. The molecule has 4 rings (SSSR count). The Labute approximate surface area is 176 Å². The molecule has 0 bridgehead atoms. The number of fused-ring (bicyclic) bond motifs is 2. The average Bonchev–Trinajstić information content (AvgIpc) is 2.98. The number of thioether (sulfide) groups is 1. The van der Waals surface area contributed by atoms with Gasteiger partial charge in [-0.25, -0.2) is 9.97 Å². The maximum absolute atomic E-state index is 13.0. The fourth-order valence-corrected chi connectivity index (χ4v) is 5.73. The molecule has 1 aliphatic rings. The summed E-state index contributed by atoms with van der Waals surface area (Å²) in [5.41, 5.74) is 2.86. The van der Waals surface area contributed by atoms with E-state index in [-0.39, 0.29) is 17.3 Å². The second-order valence-corrected chi connectivity index (χ2v) is 9.21. The van der Waals surface area contributed by atoms with Crippen molar-refractivity contribution in [3.05, 3.63) is 50.1 Å². The van der Waals surface area contributed by atoms with E-state index < -0.39 is 4.92 Å². The summed E-state index contributed by atoms with van der Waals surface area (Å²) in [4.78, 5) is 36.7. The predicted octanol–water partition coefficient (Wildman–Crippen LogP) is 4.60. The molecular weight excluding hydrogens is 408 g/mol. The number of aromatic nitrogens is 2. The summed E-state index contributed by atoms with van der Waals surface area (Å²) >= 11 is 3.08. The minimum atomic E-state index is -0.398. The van der Waals surface area contributed by atoms with Gasteiger partial charge in [-0.3, -0.25) is 14.9 Å². The molecule has 0 saturated heterocycles. The monoisotopic (exact) mass is 428 g/mol. The Bertz CT molecular complexity index is 1140. The number of aryl methyl sites for hydroxylation is 4. The number of carbonyl (C=O) groups excluding carboxylic acids is 1. The maximum Gasteiger partial charge on any atom is 0.269 e. The Balaban J connectivity index is 1.58. The Kier molecular flexibility index (Phi) is 5.26. The highest BCUT2D eigenvalue weighted by Crippen LogP contribution is 2.36. The molecule has 29 heavy (non-hydrogen) atoms. The summed E-state index contributed by atoms with van der Waals surface area (Å²) in [7, 11) is 0. The lowest BCUT2D eigenvalue weighted by Gasteiger charge is -2.29. The van der Waals surface area contributed by atoms with Crippen molar-refractivity contribution in [1.29, 1.82) is 0 Å². The minimum absolute atomic E-state index is 0.0150. The molecule has 0 atom stereocenters. The number of hydrogen-bond acceptors (Lipinski definition) is 7. The zero-order valence-corrected chi connectivity index (χ0v) is 18.0. The van der Waals surface area contributed by atoms with Crippen molar-refractivity contribution in [2.24, 2.45) is 0 Å². The zero-order chi connectivity index (χ0) is 20.7. The zero-order valence-electron chi connectivity index (χ0n) is 16.4. The van der Waals surface area contributed by atoms with Gasteiger partial charge in [0.15, 0.2) is 0 Å². The molecule has 3 heterocycles. The van der Waals surface area contributed by atoms with Crippen molar-refractivity contribution >= 4 is 50.6 Å². The van der Waals surface area contributed by atoms with Gasteiger partial charge in [-0.2, -0.15) is 0 Å². The second kappa shape index (κ2) is 7.72. The topological polar surface area (TPSA) is 89.2 Å². The number of hydrogen-bond donors (Lipinski definition) is 0. The van der Waals surface area contributed by atoms with Gasteiger partial charge in [0.05, 0.1) is 10.7 Å². The summed E-state index contributed by atoms with van der Waals surface area (Å²) in [6.45, 7) is 6.62. The molecule has 1 aromatic carbocycles. The summed E-state index contributed by atoms with van der Waals surface area (Å²) in [5, 5.41) is 12.9. The van der Waals surface area contributed by atoms with E-state index in [1.165, 1.54) is 22.7 Å². The van der Waals surface area contributed by atoms with Crippen molar-refractivity contribution in [3.8, 4) is 0 Å². The van der Waals surface area contributed by atoms with E-state index >= 15 is 0 Å². The van der Waals surface area contributed by atoms with Crippen LogP contribution in [-0.2, 0) is 11.2 Å². The van der Waals surface area contributed by atoms with Gasteiger partial charge in [0, 0.05) is 34.6 Å². The van der Waals surface area contributed by atoms with E-state index in [1.807, 2.05) is 6.92 Å². The molecule has 7 nitrogen and oxygen atoms in total. The van der Waals surface area contributed by atoms with Crippen LogP contribution in [0.4, 0.5) is 11.4 Å². The first kappa shape index (κ1) is 19.8. The van der Waals surface area contributed by atoms with Gasteiger partial charge in [0.25, 0.3) is 5.69 Å². The Hall–Kier alpha value is -2.52. The van der Waals surface area contributed by atoms with Gasteiger partial charge < -0.3 is 4.90 Å². The molecule has 0 aliphatic carbocycles. The average molecular weight is 429 g/mol. The van der Waals surface area contributed by atoms with E-state index in [1.54, 1.807) is 28.4 Å². The highest BCUT2D eigenvalue weighted by molar-refractivity contribution is 8.00. The van der Waals surface area contributed by atoms with E-state index in [4.69, 9.17) is 0 Å². The van der Waals surface area contributed by atoms with Gasteiger partial charge in [-0.1, -0.05) is 11.8 Å². The SMILES string of the molecule is Cc1nc(SCC(=O)N2CCCc3cc([N+](=O)[O-])ccc32)c2c(C)c(C)sc2n1. The van der Waals surface area contributed by atoms with E-state index in [0.717, 1.165) is 44.9 Å². The van der Waals surface area contributed by atoms with Crippen molar-refractivity contribution in [1.82, 2.24) is 9.97 Å². The first-order valence-electron chi connectivity index (χ1n) is 9.30. The number of non-ortho nitro benzene ring substituents is 1. The molecule has 1 amide bonds. The third-order valence-corrected chi connectivity index (χ3v) is 7.19. The van der Waals surface area contributed by atoms with Gasteiger partial charge in [0.1, 0.15) is 15.7 Å². The highest BCUT2D eigenvalue weighted by Gasteiger charge is 2.25. The van der Waals surface area contributed by atoms with Crippen molar-refractivity contribution in [2.75, 3.05) is 17.2 Å². The van der Waals surface area contributed by atoms with Gasteiger partial charge in [-0.15, -0.1) is 11.3 Å². The van der Waals surface area contributed by atoms with Crippen molar-refractivity contribution in [3.63, 3.8) is 0 Å². The smallest absolute Gasteiger partial charge is 0.269 e. The molecule has 0 saturated carbocycles. The number of rotatable bonds is 4. The molecule has 9 heteroatoms. The van der Waals surface area contributed by atoms with Crippen LogP contribution >= 0.6 is 23.1 Å². The quantitative estimate of drug-likeness (QED) is 0.261. The first-order valence-corrected chi connectivity index (χ1v) is 11.1. The number of benzene rings is 1. The number of thiophene rings is 1. The minimum Gasteiger partial charge on any atom is -0.311 e. The summed E-state index contributed by atoms with van der Waals surface area (Å²) < 4.78 is 0. The summed E-state index contributed by atoms with van der Waals surface area (Å²) in [5.74, 6) is 0.944. The molecule has 1 aliphatic heterocycles. The Morgan fingerprint density at radius 2 is 2.10 bits per heavy atom. The lowest BCUT2D eigenvalue weighted by Crippen LogP contribution is -2.36. The molecule has 0 N–H and O–H groups in total. The largest absolute Gasteiger partial charge is 0.311 e. The Morgan fingerprint density at radius 3 is 2.86 bits per heavy atom. The predicted molar refractivity (Wildman–Crippen MR) is 116 cm³/mol. The van der Waals surface area contributed by atoms with Gasteiger partial charge in [0.2, 0.25) is 5.91 Å². The maximum atomic E-state index is 13.0. The molecule has 2 aromatic heterocycles. The molecule has 0 unspecified atom stereocenters.